The van der Waals surface area contributed by atoms with Gasteiger partial charge >= 0.3 is 0 Å². The Hall–Kier alpha value is -2.53. The number of Topliss-reactive ketones (excluding diaryl/α,β-unsaturated/α-hetero) is 1. The number of aromatic hydroxyl groups is 1. The van der Waals surface area contributed by atoms with Crippen LogP contribution < -0.4 is 10.1 Å². The second-order valence-electron chi connectivity index (χ2n) is 4.83. The lowest BCUT2D eigenvalue weighted by Crippen LogP contribution is -2.14. The molecule has 0 aliphatic carbocycles. The predicted molar refractivity (Wildman–Crippen MR) is 88.3 cm³/mol. The molecule has 0 aliphatic heterocycles. The molecule has 0 aliphatic rings. The maximum Gasteiger partial charge on any atom is 0.224 e. The number of ketones is 1. The number of hydrogen-bond acceptors (Lipinski definition) is 4. The number of hydrogen-bond donors (Lipinski definition) is 2. The first kappa shape index (κ1) is 16.8. The summed E-state index contributed by atoms with van der Waals surface area (Å²) in [5.41, 5.74) is 0.653. The second kappa shape index (κ2) is 7.65. The Morgan fingerprint density at radius 3 is 2.61 bits per heavy atom. The summed E-state index contributed by atoms with van der Waals surface area (Å²) in [5, 5.41) is 12.6. The molecule has 0 spiro atoms. The van der Waals surface area contributed by atoms with Crippen molar-refractivity contribution in [3.05, 3.63) is 53.1 Å². The molecule has 0 atom stereocenters. The van der Waals surface area contributed by atoms with E-state index in [4.69, 9.17) is 16.3 Å². The molecule has 0 fully saturated rings. The molecule has 0 heterocycles. The Morgan fingerprint density at radius 2 is 1.91 bits per heavy atom. The van der Waals surface area contributed by atoms with E-state index in [1.807, 2.05) is 0 Å². The molecular weight excluding hydrogens is 318 g/mol. The lowest BCUT2D eigenvalue weighted by molar-refractivity contribution is -0.116. The molecule has 0 radical (unpaired) electrons. The van der Waals surface area contributed by atoms with E-state index in [0.717, 1.165) is 0 Å². The molecule has 23 heavy (non-hydrogen) atoms. The van der Waals surface area contributed by atoms with Gasteiger partial charge in [0.1, 0.15) is 11.5 Å². The number of phenols is 1. The van der Waals surface area contributed by atoms with Crippen LogP contribution in [0.25, 0.3) is 0 Å². The number of nitrogens with one attached hydrogen (secondary N) is 1. The van der Waals surface area contributed by atoms with Crippen LogP contribution in [0.4, 0.5) is 5.69 Å². The fourth-order valence-electron chi connectivity index (χ4n) is 2.05. The standard InChI is InChI=1S/C17H16ClNO4/c1-23-16-8-6-11(18)10-12(16)14(20)7-9-17(22)19-13-4-2-3-5-15(13)21/h2-6,8,10,21H,7,9H2,1H3,(H,19,22). The molecule has 0 saturated heterocycles. The number of methoxy groups -OCH3 is 1. The minimum Gasteiger partial charge on any atom is -0.506 e. The summed E-state index contributed by atoms with van der Waals surface area (Å²) >= 11 is 5.89. The highest BCUT2D eigenvalue weighted by Gasteiger charge is 2.15. The molecule has 6 heteroatoms. The zero-order valence-electron chi connectivity index (χ0n) is 12.5. The van der Waals surface area contributed by atoms with Gasteiger partial charge in [-0.2, -0.15) is 0 Å². The Kier molecular flexibility index (Phi) is 5.60. The van der Waals surface area contributed by atoms with Crippen LogP contribution >= 0.6 is 11.6 Å². The van der Waals surface area contributed by atoms with E-state index in [0.29, 0.717) is 22.0 Å². The average molecular weight is 334 g/mol. The normalized spacial score (nSPS) is 10.2. The maximum atomic E-state index is 12.2. The number of amides is 1. The third-order valence-corrected chi connectivity index (χ3v) is 3.45. The topological polar surface area (TPSA) is 75.6 Å². The Bertz CT molecular complexity index is 730. The van der Waals surface area contributed by atoms with Gasteiger partial charge in [-0.3, -0.25) is 9.59 Å². The maximum absolute atomic E-state index is 12.2. The quantitative estimate of drug-likeness (QED) is 0.625. The SMILES string of the molecule is COc1ccc(Cl)cc1C(=O)CCC(=O)Nc1ccccc1O. The van der Waals surface area contributed by atoms with Crippen molar-refractivity contribution in [2.24, 2.45) is 0 Å². The van der Waals surface area contributed by atoms with Gasteiger partial charge < -0.3 is 15.2 Å². The molecule has 0 bridgehead atoms. The second-order valence-corrected chi connectivity index (χ2v) is 5.27. The molecule has 2 aromatic carbocycles. The van der Waals surface area contributed by atoms with Crippen LogP contribution in [0.5, 0.6) is 11.5 Å². The van der Waals surface area contributed by atoms with Gasteiger partial charge in [-0.15, -0.1) is 0 Å². The van der Waals surface area contributed by atoms with Crippen molar-refractivity contribution in [1.29, 1.82) is 0 Å². The van der Waals surface area contributed by atoms with Crippen molar-refractivity contribution in [2.75, 3.05) is 12.4 Å². The van der Waals surface area contributed by atoms with Gasteiger partial charge in [0.05, 0.1) is 18.4 Å². The molecule has 0 unspecified atom stereocenters. The fourth-order valence-corrected chi connectivity index (χ4v) is 2.22. The first-order chi connectivity index (χ1) is 11.0. The number of benzene rings is 2. The number of ether oxygens (including phenoxy) is 1. The summed E-state index contributed by atoms with van der Waals surface area (Å²) in [6, 6.07) is 11.1. The third kappa shape index (κ3) is 4.47. The number of para-hydroxylation sites is 2. The van der Waals surface area contributed by atoms with Crippen LogP contribution in [0.3, 0.4) is 0 Å². The highest BCUT2D eigenvalue weighted by Crippen LogP contribution is 2.25. The van der Waals surface area contributed by atoms with Gasteiger partial charge in [-0.05, 0) is 30.3 Å². The first-order valence-electron chi connectivity index (χ1n) is 6.96. The largest absolute Gasteiger partial charge is 0.506 e. The van der Waals surface area contributed by atoms with Crippen molar-refractivity contribution >= 4 is 29.0 Å². The molecule has 0 aromatic heterocycles. The van der Waals surface area contributed by atoms with Crippen molar-refractivity contribution in [1.82, 2.24) is 0 Å². The zero-order chi connectivity index (χ0) is 16.8. The Morgan fingerprint density at radius 1 is 1.17 bits per heavy atom. The summed E-state index contributed by atoms with van der Waals surface area (Å²) in [5.74, 6) is -0.207. The number of phenolic OH excluding ortho intramolecular Hbond substituents is 1. The number of anilines is 1. The minimum absolute atomic E-state index is 0.0101. The summed E-state index contributed by atoms with van der Waals surface area (Å²) in [7, 11) is 1.46. The number of carbonyl (C=O) groups excluding carboxylic acids is 2. The van der Waals surface area contributed by atoms with Gasteiger partial charge in [-0.25, -0.2) is 0 Å². The third-order valence-electron chi connectivity index (χ3n) is 3.22. The number of halogens is 1. The highest BCUT2D eigenvalue weighted by atomic mass is 35.5. The summed E-state index contributed by atoms with van der Waals surface area (Å²) in [6.07, 6.45) is -0.00103. The molecule has 2 rings (SSSR count). The molecular formula is C17H16ClNO4. The van der Waals surface area contributed by atoms with Gasteiger partial charge in [0.15, 0.2) is 5.78 Å². The highest BCUT2D eigenvalue weighted by molar-refractivity contribution is 6.31. The minimum atomic E-state index is -0.360. The van der Waals surface area contributed by atoms with E-state index in [-0.39, 0.29) is 30.3 Å². The van der Waals surface area contributed by atoms with E-state index < -0.39 is 0 Å². The van der Waals surface area contributed by atoms with E-state index in [2.05, 4.69) is 5.32 Å². The molecule has 120 valence electrons. The molecule has 0 saturated carbocycles. The van der Waals surface area contributed by atoms with Crippen LogP contribution in [0, 0.1) is 0 Å². The van der Waals surface area contributed by atoms with Gasteiger partial charge in [0.25, 0.3) is 0 Å². The van der Waals surface area contributed by atoms with Crippen LogP contribution in [-0.2, 0) is 4.79 Å². The number of carbonyl (C=O) groups is 2. The van der Waals surface area contributed by atoms with Gasteiger partial charge in [-0.1, -0.05) is 23.7 Å². The molecule has 2 aromatic rings. The lowest BCUT2D eigenvalue weighted by atomic mass is 10.1. The lowest BCUT2D eigenvalue weighted by Gasteiger charge is -2.09. The Labute approximate surface area is 138 Å². The van der Waals surface area contributed by atoms with Crippen LogP contribution in [-0.4, -0.2) is 23.9 Å². The van der Waals surface area contributed by atoms with Crippen molar-refractivity contribution in [3.63, 3.8) is 0 Å². The molecule has 1 amide bonds. The summed E-state index contributed by atoms with van der Waals surface area (Å²) in [4.78, 5) is 24.1. The van der Waals surface area contributed by atoms with Gasteiger partial charge in [0, 0.05) is 17.9 Å². The van der Waals surface area contributed by atoms with Gasteiger partial charge in [0.2, 0.25) is 5.91 Å². The van der Waals surface area contributed by atoms with Crippen molar-refractivity contribution in [2.45, 2.75) is 12.8 Å². The van der Waals surface area contributed by atoms with Crippen molar-refractivity contribution in [3.8, 4) is 11.5 Å². The van der Waals surface area contributed by atoms with E-state index >= 15 is 0 Å². The van der Waals surface area contributed by atoms with E-state index in [1.54, 1.807) is 30.3 Å². The van der Waals surface area contributed by atoms with Crippen LogP contribution in [0.15, 0.2) is 42.5 Å². The zero-order valence-corrected chi connectivity index (χ0v) is 13.3. The molecule has 5 nitrogen and oxygen atoms in total. The summed E-state index contributed by atoms with van der Waals surface area (Å²) in [6.45, 7) is 0. The smallest absolute Gasteiger partial charge is 0.224 e. The summed E-state index contributed by atoms with van der Waals surface area (Å²) < 4.78 is 5.13. The molecule has 2 N–H and O–H groups in total. The number of rotatable bonds is 6. The monoisotopic (exact) mass is 333 g/mol. The van der Waals surface area contributed by atoms with Crippen molar-refractivity contribution < 1.29 is 19.4 Å². The van der Waals surface area contributed by atoms with Crippen LogP contribution in [0.2, 0.25) is 5.02 Å². The predicted octanol–water partition coefficient (Wildman–Crippen LogP) is 3.66. The van der Waals surface area contributed by atoms with E-state index in [9.17, 15) is 14.7 Å². The first-order valence-corrected chi connectivity index (χ1v) is 7.33. The van der Waals surface area contributed by atoms with Crippen LogP contribution in [0.1, 0.15) is 23.2 Å². The Balaban J connectivity index is 1.98. The van der Waals surface area contributed by atoms with E-state index in [1.165, 1.54) is 19.2 Å². The fraction of sp³-hybridized carbons (Fsp3) is 0.176. The average Bonchev–Trinajstić information content (AvgIpc) is 2.54.